The molecule has 0 saturated carbocycles. The van der Waals surface area contributed by atoms with Gasteiger partial charge in [-0.15, -0.1) is 0 Å². The molecule has 1 spiro atoms. The Hall–Kier alpha value is -3.38. The van der Waals surface area contributed by atoms with Crippen molar-refractivity contribution in [2.45, 2.75) is 43.9 Å². The molecule has 1 saturated heterocycles. The highest BCUT2D eigenvalue weighted by molar-refractivity contribution is 6.14. The fourth-order valence-corrected chi connectivity index (χ4v) is 6.67. The van der Waals surface area contributed by atoms with Crippen LogP contribution in [0.4, 0.5) is 5.69 Å². The first-order valence-corrected chi connectivity index (χ1v) is 13.7. The first kappa shape index (κ1) is 24.9. The van der Waals surface area contributed by atoms with Gasteiger partial charge in [-0.2, -0.15) is 0 Å². The largest absolute Gasteiger partial charge is 0.492 e. The fraction of sp³-hybridized carbons (Fsp3) is 0.438. The number of aryl methyl sites for hydroxylation is 2. The first-order chi connectivity index (χ1) is 18.4. The molecule has 2 aromatic rings. The van der Waals surface area contributed by atoms with Crippen LogP contribution in [-0.4, -0.2) is 57.2 Å². The molecule has 38 heavy (non-hydrogen) atoms. The highest BCUT2D eigenvalue weighted by atomic mass is 16.5. The van der Waals surface area contributed by atoms with Gasteiger partial charge in [-0.25, -0.2) is 0 Å². The molecule has 0 aromatic heterocycles. The zero-order valence-corrected chi connectivity index (χ0v) is 22.5. The van der Waals surface area contributed by atoms with E-state index in [1.807, 2.05) is 29.2 Å². The topological polar surface area (TPSA) is 59.1 Å². The molecule has 0 unspecified atom stereocenters. The summed E-state index contributed by atoms with van der Waals surface area (Å²) in [6.45, 7) is 5.42. The van der Waals surface area contributed by atoms with E-state index in [2.05, 4.69) is 43.1 Å². The Morgan fingerprint density at radius 3 is 2.50 bits per heavy atom. The van der Waals surface area contributed by atoms with Crippen molar-refractivity contribution in [3.05, 3.63) is 83.0 Å². The van der Waals surface area contributed by atoms with E-state index in [1.54, 1.807) is 12.2 Å². The summed E-state index contributed by atoms with van der Waals surface area (Å²) in [7, 11) is 3.52. The second kappa shape index (κ2) is 9.42. The number of amides is 1. The van der Waals surface area contributed by atoms with Crippen LogP contribution in [0, 0.1) is 12.3 Å². The number of nitrogens with zero attached hydrogens (tertiary/aromatic N) is 2. The number of methoxy groups -OCH3 is 1. The number of ether oxygens (including phenoxy) is 2. The normalized spacial score (nSPS) is 25.6. The molecule has 6 nitrogen and oxygen atoms in total. The van der Waals surface area contributed by atoms with Crippen molar-refractivity contribution in [2.24, 2.45) is 5.41 Å². The molecule has 1 amide bonds. The molecule has 6 rings (SSSR count). The van der Waals surface area contributed by atoms with Crippen LogP contribution in [0.15, 0.2) is 60.7 Å². The third-order valence-electron chi connectivity index (χ3n) is 9.12. The Morgan fingerprint density at radius 2 is 1.79 bits per heavy atom. The lowest BCUT2D eigenvalue weighted by molar-refractivity contribution is -0.151. The van der Waals surface area contributed by atoms with E-state index >= 15 is 0 Å². The van der Waals surface area contributed by atoms with Crippen LogP contribution in [-0.2, 0) is 26.2 Å². The average molecular weight is 513 g/mol. The number of allylic oxidation sites excluding steroid dienone is 2. The van der Waals surface area contributed by atoms with Gasteiger partial charge in [-0.1, -0.05) is 48.6 Å². The Bertz CT molecular complexity index is 1320. The van der Waals surface area contributed by atoms with Crippen molar-refractivity contribution >= 4 is 17.6 Å². The highest BCUT2D eigenvalue weighted by Crippen LogP contribution is 2.49. The lowest BCUT2D eigenvalue weighted by Crippen LogP contribution is -2.49. The molecule has 198 valence electrons. The predicted octanol–water partition coefficient (Wildman–Crippen LogP) is 4.70. The van der Waals surface area contributed by atoms with Gasteiger partial charge in [-0.3, -0.25) is 9.59 Å². The lowest BCUT2D eigenvalue weighted by Gasteiger charge is -2.39. The molecule has 0 bridgehead atoms. The number of likely N-dealkylation sites (tertiary alicyclic amines) is 1. The third-order valence-corrected chi connectivity index (χ3v) is 9.12. The maximum Gasteiger partial charge on any atom is 0.329 e. The summed E-state index contributed by atoms with van der Waals surface area (Å²) in [5.74, 6) is 0.155. The molecule has 1 aliphatic carbocycles. The number of hydrogen-bond acceptors (Lipinski definition) is 5. The van der Waals surface area contributed by atoms with E-state index in [0.29, 0.717) is 13.2 Å². The molecule has 3 heterocycles. The van der Waals surface area contributed by atoms with Crippen LogP contribution in [0.3, 0.4) is 0 Å². The van der Waals surface area contributed by atoms with Crippen LogP contribution >= 0.6 is 0 Å². The van der Waals surface area contributed by atoms with Gasteiger partial charge in [0.05, 0.1) is 13.7 Å². The number of esters is 1. The second-order valence-electron chi connectivity index (χ2n) is 11.4. The number of carbonyl (C=O) groups is 2. The van der Waals surface area contributed by atoms with Gasteiger partial charge < -0.3 is 19.3 Å². The van der Waals surface area contributed by atoms with E-state index in [4.69, 9.17) is 9.47 Å². The van der Waals surface area contributed by atoms with Crippen molar-refractivity contribution in [3.63, 3.8) is 0 Å². The van der Waals surface area contributed by atoms with Crippen LogP contribution < -0.4 is 9.64 Å². The highest BCUT2D eigenvalue weighted by Gasteiger charge is 2.49. The maximum atomic E-state index is 14.3. The zero-order chi connectivity index (χ0) is 26.5. The molecule has 3 aliphatic heterocycles. The zero-order valence-electron chi connectivity index (χ0n) is 22.5. The van der Waals surface area contributed by atoms with Gasteiger partial charge in [0.25, 0.3) is 5.91 Å². The summed E-state index contributed by atoms with van der Waals surface area (Å²) in [6, 6.07) is 12.5. The molecule has 0 radical (unpaired) electrons. The van der Waals surface area contributed by atoms with E-state index in [0.717, 1.165) is 61.3 Å². The number of benzene rings is 2. The van der Waals surface area contributed by atoms with Gasteiger partial charge in [0.2, 0.25) is 0 Å². The van der Waals surface area contributed by atoms with E-state index < -0.39 is 11.4 Å². The molecule has 2 aromatic carbocycles. The lowest BCUT2D eigenvalue weighted by atomic mass is 9.73. The predicted molar refractivity (Wildman–Crippen MR) is 148 cm³/mol. The molecule has 6 heteroatoms. The van der Waals surface area contributed by atoms with Crippen molar-refractivity contribution in [1.82, 2.24) is 4.90 Å². The van der Waals surface area contributed by atoms with Crippen LogP contribution in [0.1, 0.15) is 47.4 Å². The number of rotatable bonds is 3. The number of piperidine rings is 1. The van der Waals surface area contributed by atoms with Gasteiger partial charge in [0.15, 0.2) is 5.41 Å². The fourth-order valence-electron chi connectivity index (χ4n) is 6.67. The van der Waals surface area contributed by atoms with E-state index in [1.165, 1.54) is 18.2 Å². The molecule has 4 aliphatic rings. The summed E-state index contributed by atoms with van der Waals surface area (Å²) in [6.07, 6.45) is 11.2. The minimum Gasteiger partial charge on any atom is -0.492 e. The molecule has 0 N–H and O–H groups in total. The second-order valence-corrected chi connectivity index (χ2v) is 11.4. The number of anilines is 1. The molecule has 0 atom stereocenters. The minimum atomic E-state index is -1.48. The number of fused-ring (bicyclic) bond motifs is 3. The monoisotopic (exact) mass is 512 g/mol. The van der Waals surface area contributed by atoms with Crippen molar-refractivity contribution in [1.29, 1.82) is 0 Å². The molecular weight excluding hydrogens is 476 g/mol. The van der Waals surface area contributed by atoms with E-state index in [-0.39, 0.29) is 17.2 Å². The first-order valence-electron chi connectivity index (χ1n) is 13.7. The SMILES string of the molecule is COC(=O)C1(C(=O)N2CCCc3cc4c(cc32)C2(CCN(C)CC2)CO4)C=CC(c2ccccc2C)C=C1. The van der Waals surface area contributed by atoms with Crippen molar-refractivity contribution in [3.8, 4) is 5.75 Å². The number of carbonyl (C=O) groups excluding carboxylic acids is 2. The van der Waals surface area contributed by atoms with Crippen LogP contribution in [0.25, 0.3) is 0 Å². The van der Waals surface area contributed by atoms with Crippen molar-refractivity contribution < 1.29 is 19.1 Å². The Labute approximate surface area is 224 Å². The third kappa shape index (κ3) is 3.89. The van der Waals surface area contributed by atoms with E-state index in [9.17, 15) is 9.59 Å². The maximum absolute atomic E-state index is 14.3. The van der Waals surface area contributed by atoms with Crippen LogP contribution in [0.5, 0.6) is 5.75 Å². The quantitative estimate of drug-likeness (QED) is 0.339. The van der Waals surface area contributed by atoms with Gasteiger partial charge in [0, 0.05) is 29.1 Å². The minimum absolute atomic E-state index is 0.000122. The summed E-state index contributed by atoms with van der Waals surface area (Å²) in [5, 5.41) is 0. The van der Waals surface area contributed by atoms with Crippen molar-refractivity contribution in [2.75, 3.05) is 45.3 Å². The summed E-state index contributed by atoms with van der Waals surface area (Å²) in [5.41, 5.74) is 4.08. The number of hydrogen-bond donors (Lipinski definition) is 0. The van der Waals surface area contributed by atoms with Gasteiger partial charge >= 0.3 is 5.97 Å². The molecular formula is C32H36N2O4. The van der Waals surface area contributed by atoms with Gasteiger partial charge in [0.1, 0.15) is 5.75 Å². The summed E-state index contributed by atoms with van der Waals surface area (Å²) >= 11 is 0. The van der Waals surface area contributed by atoms with Crippen LogP contribution in [0.2, 0.25) is 0 Å². The average Bonchev–Trinajstić information content (AvgIpc) is 3.29. The standard InChI is InChI=1S/C32H36N2O4/c1-22-7-4-5-9-25(22)23-10-12-32(13-11-23,30(36)37-3)29(35)34-16-6-8-24-19-28-26(20-27(24)34)31(21-38-28)14-17-33(2)18-15-31/h4-5,7,9-13,19-20,23H,6,8,14-18,21H2,1-3H3. The van der Waals surface area contributed by atoms with Gasteiger partial charge in [-0.05, 0) is 81.6 Å². The Balaban J connectivity index is 1.36. The molecule has 1 fully saturated rings. The summed E-state index contributed by atoms with van der Waals surface area (Å²) in [4.78, 5) is 31.8. The Kier molecular flexibility index (Phi) is 6.18. The summed E-state index contributed by atoms with van der Waals surface area (Å²) < 4.78 is 11.4. The smallest absolute Gasteiger partial charge is 0.329 e. The Morgan fingerprint density at radius 1 is 1.05 bits per heavy atom.